The summed E-state index contributed by atoms with van der Waals surface area (Å²) >= 11 is 0. The van der Waals surface area contributed by atoms with E-state index in [9.17, 15) is 24.5 Å². The third-order valence-corrected chi connectivity index (χ3v) is 5.43. The van der Waals surface area contributed by atoms with Crippen LogP contribution in [-0.2, 0) is 4.74 Å². The van der Waals surface area contributed by atoms with Crippen LogP contribution in [0.1, 0.15) is 31.3 Å². The fraction of sp³-hybridized carbons (Fsp3) is 0.0385. The van der Waals surface area contributed by atoms with E-state index in [1.54, 1.807) is 35.8 Å². The first kappa shape index (κ1) is 24.8. The molecule has 186 valence electrons. The van der Waals surface area contributed by atoms with Crippen molar-refractivity contribution in [1.82, 2.24) is 5.43 Å². The number of hydrazine groups is 1. The molecule has 4 rings (SSSR count). The van der Waals surface area contributed by atoms with Crippen LogP contribution in [0.3, 0.4) is 0 Å². The van der Waals surface area contributed by atoms with Gasteiger partial charge in [0.05, 0.1) is 17.6 Å². The van der Waals surface area contributed by atoms with Crippen LogP contribution in [0.2, 0.25) is 0 Å². The Morgan fingerprint density at radius 3 is 2.11 bits per heavy atom. The number of rotatable bonds is 7. The molecule has 3 aromatic carbocycles. The average molecular weight is 501 g/mol. The van der Waals surface area contributed by atoms with Gasteiger partial charge in [-0.15, -0.1) is 0 Å². The first-order valence-electron chi connectivity index (χ1n) is 10.7. The van der Waals surface area contributed by atoms with E-state index < -0.39 is 39.6 Å². The van der Waals surface area contributed by atoms with Crippen molar-refractivity contribution in [3.63, 3.8) is 0 Å². The van der Waals surface area contributed by atoms with Crippen LogP contribution in [0.5, 0.6) is 5.75 Å². The zero-order valence-corrected chi connectivity index (χ0v) is 19.3. The Hall–Kier alpha value is -5.29. The van der Waals surface area contributed by atoms with E-state index in [-0.39, 0.29) is 11.5 Å². The first-order valence-corrected chi connectivity index (χ1v) is 10.7. The van der Waals surface area contributed by atoms with Gasteiger partial charge in [-0.3, -0.25) is 20.3 Å². The predicted molar refractivity (Wildman–Crippen MR) is 131 cm³/mol. The largest absolute Gasteiger partial charge is 0.490 e. The number of esters is 2. The Kier molecular flexibility index (Phi) is 7.07. The molecule has 1 heterocycles. The number of hydrogen-bond acceptors (Lipinski definition) is 9. The lowest BCUT2D eigenvalue weighted by Gasteiger charge is -2.11. The smallest absolute Gasteiger partial charge is 0.382 e. The number of carbonyl (C=O) groups excluding carboxylic acids is 3. The molecule has 1 amide bonds. The Bertz CT molecular complexity index is 1500. The number of nitro groups is 1. The second-order valence-corrected chi connectivity index (χ2v) is 7.53. The summed E-state index contributed by atoms with van der Waals surface area (Å²) in [6.45, 7) is 0. The molecular formula is C26H19N3O8. The lowest BCUT2D eigenvalue weighted by molar-refractivity contribution is -0.386. The number of hydrogen-bond donors (Lipinski definition) is 2. The highest BCUT2D eigenvalue weighted by Crippen LogP contribution is 2.38. The molecule has 11 heteroatoms. The summed E-state index contributed by atoms with van der Waals surface area (Å²) in [5, 5.41) is 11.7. The molecule has 0 bridgehead atoms. The van der Waals surface area contributed by atoms with Crippen molar-refractivity contribution >= 4 is 23.5 Å². The van der Waals surface area contributed by atoms with E-state index in [1.165, 1.54) is 6.26 Å². The third kappa shape index (κ3) is 4.79. The monoisotopic (exact) mass is 501 g/mol. The summed E-state index contributed by atoms with van der Waals surface area (Å²) in [6, 6.07) is 20.1. The molecular weight excluding hydrogens is 482 g/mol. The van der Waals surface area contributed by atoms with Crippen LogP contribution in [0.4, 0.5) is 5.69 Å². The van der Waals surface area contributed by atoms with Crippen molar-refractivity contribution < 1.29 is 33.2 Å². The number of ether oxygens (including phenoxy) is 2. The number of benzene rings is 3. The third-order valence-electron chi connectivity index (χ3n) is 5.43. The summed E-state index contributed by atoms with van der Waals surface area (Å²) in [5.41, 5.74) is 1.97. The molecule has 11 nitrogen and oxygen atoms in total. The number of carbonyl (C=O) groups is 3. The number of furan rings is 1. The van der Waals surface area contributed by atoms with E-state index in [4.69, 9.17) is 19.7 Å². The van der Waals surface area contributed by atoms with Crippen molar-refractivity contribution in [2.45, 2.75) is 0 Å². The summed E-state index contributed by atoms with van der Waals surface area (Å²) in [5.74, 6) is 0.960. The molecule has 0 saturated heterocycles. The van der Waals surface area contributed by atoms with Gasteiger partial charge in [-0.25, -0.2) is 15.4 Å². The second kappa shape index (κ2) is 10.5. The highest BCUT2D eigenvalue weighted by Gasteiger charge is 2.34. The first-order chi connectivity index (χ1) is 17.9. The maximum atomic E-state index is 13.1. The topological polar surface area (TPSA) is 164 Å². The summed E-state index contributed by atoms with van der Waals surface area (Å²) in [4.78, 5) is 49.3. The minimum absolute atomic E-state index is 0.272. The van der Waals surface area contributed by atoms with Gasteiger partial charge in [0, 0.05) is 11.1 Å². The van der Waals surface area contributed by atoms with Crippen LogP contribution in [-0.4, -0.2) is 29.9 Å². The molecule has 0 unspecified atom stereocenters. The van der Waals surface area contributed by atoms with E-state index in [0.717, 1.165) is 24.8 Å². The van der Waals surface area contributed by atoms with Gasteiger partial charge in [-0.2, -0.15) is 0 Å². The van der Waals surface area contributed by atoms with Gasteiger partial charge in [0.2, 0.25) is 5.76 Å². The Morgan fingerprint density at radius 1 is 0.919 bits per heavy atom. The van der Waals surface area contributed by atoms with Crippen LogP contribution >= 0.6 is 0 Å². The molecule has 4 aromatic rings. The molecule has 0 atom stereocenters. The van der Waals surface area contributed by atoms with Gasteiger partial charge in [-0.05, 0) is 23.3 Å². The molecule has 0 aliphatic rings. The lowest BCUT2D eigenvalue weighted by Crippen LogP contribution is -2.32. The van der Waals surface area contributed by atoms with E-state index >= 15 is 0 Å². The molecule has 0 aliphatic carbocycles. The van der Waals surface area contributed by atoms with Gasteiger partial charge >= 0.3 is 17.6 Å². The van der Waals surface area contributed by atoms with Crippen LogP contribution in [0.25, 0.3) is 22.3 Å². The molecule has 1 aromatic heterocycles. The van der Waals surface area contributed by atoms with Gasteiger partial charge in [0.1, 0.15) is 11.8 Å². The van der Waals surface area contributed by atoms with Crippen LogP contribution < -0.4 is 16.0 Å². The number of nitro benzene ring substituents is 1. The molecule has 0 radical (unpaired) electrons. The van der Waals surface area contributed by atoms with Crippen LogP contribution in [0.15, 0.2) is 83.5 Å². The number of nitrogens with zero attached hydrogens (tertiary/aromatic N) is 1. The predicted octanol–water partition coefficient (Wildman–Crippen LogP) is 4.13. The molecule has 0 aliphatic heterocycles. The Labute approximate surface area is 209 Å². The van der Waals surface area contributed by atoms with Crippen molar-refractivity contribution in [1.29, 1.82) is 0 Å². The summed E-state index contributed by atoms with van der Waals surface area (Å²) in [7, 11) is 1.15. The number of nitrogens with one attached hydrogen (secondary N) is 1. The molecule has 0 fully saturated rings. The zero-order valence-electron chi connectivity index (χ0n) is 19.3. The van der Waals surface area contributed by atoms with E-state index in [2.05, 4.69) is 0 Å². The zero-order chi connectivity index (χ0) is 26.5. The van der Waals surface area contributed by atoms with Gasteiger partial charge in [0.25, 0.3) is 5.91 Å². The number of amides is 1. The number of nitrogens with two attached hydrogens (primary N) is 1. The minimum atomic E-state index is -1.33. The minimum Gasteiger partial charge on any atom is -0.490 e. The highest BCUT2D eigenvalue weighted by atomic mass is 16.6. The van der Waals surface area contributed by atoms with Gasteiger partial charge < -0.3 is 13.9 Å². The van der Waals surface area contributed by atoms with Crippen LogP contribution in [0, 0.1) is 10.1 Å². The summed E-state index contributed by atoms with van der Waals surface area (Å²) < 4.78 is 15.5. The Balaban J connectivity index is 1.77. The van der Waals surface area contributed by atoms with E-state index in [0.29, 0.717) is 16.7 Å². The number of nitrogen functional groups attached to an aromatic ring is 1. The fourth-order valence-electron chi connectivity index (χ4n) is 3.81. The second-order valence-electron chi connectivity index (χ2n) is 7.53. The molecule has 3 N–H and O–H groups in total. The highest BCUT2D eigenvalue weighted by molar-refractivity contribution is 6.12. The van der Waals surface area contributed by atoms with Crippen molar-refractivity contribution in [2.75, 3.05) is 7.11 Å². The van der Waals surface area contributed by atoms with Crippen molar-refractivity contribution in [3.05, 3.63) is 106 Å². The standard InChI is InChI=1S/C26H19N3O8/c1-35-19-13-12-17(21(24(30)28-27)22(19)29(33)34)25(31)37-26(32)23-20(16-10-6-3-7-11-16)18(14-36-23)15-8-4-2-5-9-15/h2-14H,27H2,1H3,(H,28,30). The van der Waals surface area contributed by atoms with Crippen molar-refractivity contribution in [2.24, 2.45) is 5.84 Å². The van der Waals surface area contributed by atoms with E-state index in [1.807, 2.05) is 30.3 Å². The Morgan fingerprint density at radius 2 is 1.54 bits per heavy atom. The molecule has 0 spiro atoms. The fourth-order valence-corrected chi connectivity index (χ4v) is 3.81. The SMILES string of the molecule is COc1ccc(C(=O)OC(=O)c2occ(-c3ccccc3)c2-c2ccccc2)c(C(=O)NN)c1[N+](=O)[O-]. The molecule has 0 saturated carbocycles. The quantitative estimate of drug-likeness (QED) is 0.0946. The van der Waals surface area contributed by atoms with Gasteiger partial charge in [-0.1, -0.05) is 60.7 Å². The van der Waals surface area contributed by atoms with Gasteiger partial charge in [0.15, 0.2) is 5.75 Å². The maximum absolute atomic E-state index is 13.1. The number of methoxy groups -OCH3 is 1. The maximum Gasteiger partial charge on any atom is 0.382 e. The molecule has 37 heavy (non-hydrogen) atoms. The summed E-state index contributed by atoms with van der Waals surface area (Å²) in [6.07, 6.45) is 1.37. The van der Waals surface area contributed by atoms with Crippen molar-refractivity contribution in [3.8, 4) is 28.0 Å². The normalized spacial score (nSPS) is 10.4. The lowest BCUT2D eigenvalue weighted by atomic mass is 9.97. The average Bonchev–Trinajstić information content (AvgIpc) is 3.38.